The quantitative estimate of drug-likeness (QED) is 0.341. The Hall–Kier alpha value is -1.50. The highest BCUT2D eigenvalue weighted by atomic mass is 16.5. The monoisotopic (exact) mass is 254 g/mol. The van der Waals surface area contributed by atoms with Gasteiger partial charge in [0.25, 0.3) is 0 Å². The number of unbranched alkanes of at least 4 members (excludes halogenated alkanes) is 3. The van der Waals surface area contributed by atoms with Crippen LogP contribution in [0.2, 0.25) is 0 Å². The number of carbonyl (C=O) groups excluding carboxylic acids is 2. The minimum Gasteiger partial charge on any atom is -0.466 e. The van der Waals surface area contributed by atoms with E-state index >= 15 is 0 Å². The van der Waals surface area contributed by atoms with Gasteiger partial charge in [-0.2, -0.15) is 0 Å². The highest BCUT2D eigenvalue weighted by Crippen LogP contribution is 2.03. The highest BCUT2D eigenvalue weighted by molar-refractivity contribution is 5.70. The predicted molar refractivity (Wildman–Crippen MR) is 68.7 cm³/mol. The Kier molecular flexibility index (Phi) is 11.0. The van der Waals surface area contributed by atoms with Crippen molar-refractivity contribution in [2.75, 3.05) is 13.2 Å². The average molecular weight is 254 g/mol. The van der Waals surface area contributed by atoms with Crippen molar-refractivity contribution in [2.24, 2.45) is 0 Å². The molecule has 0 unspecified atom stereocenters. The van der Waals surface area contributed by atoms with Crippen LogP contribution in [-0.2, 0) is 19.1 Å². The number of rotatable bonds is 10. The number of hydrogen-bond donors (Lipinski definition) is 0. The zero-order valence-electron chi connectivity index (χ0n) is 11.1. The topological polar surface area (TPSA) is 52.6 Å². The fourth-order valence-electron chi connectivity index (χ4n) is 1.34. The standard InChI is InChI=1S/C14H22O4/c1-3-5-8-12-18-14(16)10-7-6-9-13(15)17-11-4-2/h2H,3,5-12H2,1H3. The van der Waals surface area contributed by atoms with Crippen molar-refractivity contribution in [3.8, 4) is 12.3 Å². The third kappa shape index (κ3) is 11.0. The Morgan fingerprint density at radius 2 is 1.61 bits per heavy atom. The van der Waals surface area contributed by atoms with Crippen molar-refractivity contribution < 1.29 is 19.1 Å². The summed E-state index contributed by atoms with van der Waals surface area (Å²) in [6, 6.07) is 0. The van der Waals surface area contributed by atoms with Crippen LogP contribution in [0.1, 0.15) is 51.9 Å². The number of hydrogen-bond acceptors (Lipinski definition) is 4. The maximum Gasteiger partial charge on any atom is 0.306 e. The zero-order valence-corrected chi connectivity index (χ0v) is 11.1. The molecule has 0 saturated heterocycles. The molecule has 0 fully saturated rings. The van der Waals surface area contributed by atoms with Crippen molar-refractivity contribution in [3.05, 3.63) is 0 Å². The normalized spacial score (nSPS) is 9.56. The Morgan fingerprint density at radius 1 is 1.00 bits per heavy atom. The number of esters is 2. The summed E-state index contributed by atoms with van der Waals surface area (Å²) in [5.41, 5.74) is 0. The van der Waals surface area contributed by atoms with E-state index in [1.807, 2.05) is 0 Å². The van der Waals surface area contributed by atoms with E-state index in [-0.39, 0.29) is 18.5 Å². The van der Waals surface area contributed by atoms with Gasteiger partial charge in [-0.15, -0.1) is 6.42 Å². The molecular formula is C14H22O4. The lowest BCUT2D eigenvalue weighted by molar-refractivity contribution is -0.145. The molecule has 18 heavy (non-hydrogen) atoms. The van der Waals surface area contributed by atoms with E-state index in [0.29, 0.717) is 32.3 Å². The molecule has 0 aromatic heterocycles. The summed E-state index contributed by atoms with van der Waals surface area (Å²) in [7, 11) is 0. The van der Waals surface area contributed by atoms with Gasteiger partial charge in [-0.05, 0) is 19.3 Å². The molecule has 0 saturated carbocycles. The predicted octanol–water partition coefficient (Wildman–Crippen LogP) is 2.46. The smallest absolute Gasteiger partial charge is 0.306 e. The second-order valence-electron chi connectivity index (χ2n) is 4.00. The van der Waals surface area contributed by atoms with Gasteiger partial charge in [0.2, 0.25) is 0 Å². The van der Waals surface area contributed by atoms with Crippen molar-refractivity contribution in [2.45, 2.75) is 51.9 Å². The van der Waals surface area contributed by atoms with Crippen molar-refractivity contribution in [1.82, 2.24) is 0 Å². The molecule has 0 rings (SSSR count). The summed E-state index contributed by atoms with van der Waals surface area (Å²) >= 11 is 0. The van der Waals surface area contributed by atoms with E-state index in [4.69, 9.17) is 15.9 Å². The Bertz CT molecular complexity index is 278. The second kappa shape index (κ2) is 12.0. The van der Waals surface area contributed by atoms with E-state index < -0.39 is 0 Å². The number of carbonyl (C=O) groups is 2. The molecule has 0 aliphatic heterocycles. The molecule has 0 spiro atoms. The van der Waals surface area contributed by atoms with Crippen LogP contribution in [0.4, 0.5) is 0 Å². The second-order valence-corrected chi connectivity index (χ2v) is 4.00. The molecule has 0 aromatic carbocycles. The Labute approximate surface area is 109 Å². The Balaban J connectivity index is 3.35. The number of terminal acetylenes is 1. The van der Waals surface area contributed by atoms with Gasteiger partial charge in [0.05, 0.1) is 6.61 Å². The van der Waals surface area contributed by atoms with Gasteiger partial charge >= 0.3 is 11.9 Å². The van der Waals surface area contributed by atoms with Crippen LogP contribution in [0.5, 0.6) is 0 Å². The lowest BCUT2D eigenvalue weighted by atomic mass is 10.2. The summed E-state index contributed by atoms with van der Waals surface area (Å²) in [6.45, 7) is 2.61. The molecule has 4 heteroatoms. The zero-order chi connectivity index (χ0) is 13.6. The lowest BCUT2D eigenvalue weighted by Crippen LogP contribution is -2.07. The summed E-state index contributed by atoms with van der Waals surface area (Å²) in [4.78, 5) is 22.3. The van der Waals surface area contributed by atoms with Crippen LogP contribution < -0.4 is 0 Å². The number of ether oxygens (including phenoxy) is 2. The van der Waals surface area contributed by atoms with Crippen molar-refractivity contribution in [1.29, 1.82) is 0 Å². The van der Waals surface area contributed by atoms with E-state index in [9.17, 15) is 9.59 Å². The van der Waals surface area contributed by atoms with Crippen LogP contribution in [0.3, 0.4) is 0 Å². The van der Waals surface area contributed by atoms with Gasteiger partial charge in [-0.3, -0.25) is 9.59 Å². The molecule has 4 nitrogen and oxygen atoms in total. The van der Waals surface area contributed by atoms with Crippen LogP contribution in [0.15, 0.2) is 0 Å². The third-order valence-corrected chi connectivity index (χ3v) is 2.34. The maximum atomic E-state index is 11.3. The fourth-order valence-corrected chi connectivity index (χ4v) is 1.34. The first kappa shape index (κ1) is 16.5. The first-order valence-electron chi connectivity index (χ1n) is 6.45. The largest absolute Gasteiger partial charge is 0.466 e. The van der Waals surface area contributed by atoms with Gasteiger partial charge in [-0.1, -0.05) is 25.7 Å². The molecular weight excluding hydrogens is 232 g/mol. The maximum absolute atomic E-state index is 11.3. The Morgan fingerprint density at radius 3 is 2.17 bits per heavy atom. The molecule has 0 N–H and O–H groups in total. The van der Waals surface area contributed by atoms with Crippen LogP contribution in [-0.4, -0.2) is 25.2 Å². The van der Waals surface area contributed by atoms with Crippen LogP contribution in [0.25, 0.3) is 0 Å². The lowest BCUT2D eigenvalue weighted by Gasteiger charge is -2.04. The molecule has 0 atom stereocenters. The summed E-state index contributed by atoms with van der Waals surface area (Å²) in [5.74, 6) is 1.72. The van der Waals surface area contributed by atoms with Crippen molar-refractivity contribution in [3.63, 3.8) is 0 Å². The van der Waals surface area contributed by atoms with Gasteiger partial charge in [0.15, 0.2) is 6.61 Å². The summed E-state index contributed by atoms with van der Waals surface area (Å²) < 4.78 is 9.73. The molecule has 0 bridgehead atoms. The van der Waals surface area contributed by atoms with E-state index in [0.717, 1.165) is 19.3 Å². The molecule has 102 valence electrons. The minimum atomic E-state index is -0.315. The van der Waals surface area contributed by atoms with Crippen LogP contribution in [0, 0.1) is 12.3 Å². The molecule has 0 amide bonds. The van der Waals surface area contributed by atoms with E-state index in [2.05, 4.69) is 12.8 Å². The molecule has 0 heterocycles. The van der Waals surface area contributed by atoms with Gasteiger partial charge in [0, 0.05) is 12.8 Å². The summed E-state index contributed by atoms with van der Waals surface area (Å²) in [5, 5.41) is 0. The first-order chi connectivity index (χ1) is 8.70. The van der Waals surface area contributed by atoms with Gasteiger partial charge < -0.3 is 9.47 Å². The summed E-state index contributed by atoms with van der Waals surface area (Å²) in [6.07, 6.45) is 9.96. The minimum absolute atomic E-state index is 0.0122. The molecule has 0 aromatic rings. The third-order valence-electron chi connectivity index (χ3n) is 2.34. The molecule has 0 aliphatic carbocycles. The average Bonchev–Trinajstić information content (AvgIpc) is 2.37. The molecule has 0 radical (unpaired) electrons. The SMILES string of the molecule is C#CCOC(=O)CCCCC(=O)OCCCCC. The van der Waals surface area contributed by atoms with Gasteiger partial charge in [0.1, 0.15) is 0 Å². The fraction of sp³-hybridized carbons (Fsp3) is 0.714. The highest BCUT2D eigenvalue weighted by Gasteiger charge is 2.05. The molecule has 0 aliphatic rings. The van der Waals surface area contributed by atoms with Crippen LogP contribution >= 0.6 is 0 Å². The van der Waals surface area contributed by atoms with Gasteiger partial charge in [-0.25, -0.2) is 0 Å². The first-order valence-corrected chi connectivity index (χ1v) is 6.45. The van der Waals surface area contributed by atoms with E-state index in [1.165, 1.54) is 0 Å². The van der Waals surface area contributed by atoms with E-state index in [1.54, 1.807) is 0 Å². The van der Waals surface area contributed by atoms with Crippen molar-refractivity contribution >= 4 is 11.9 Å².